The molecule has 2 bridgehead atoms. The molecule has 0 aliphatic carbocycles. The summed E-state index contributed by atoms with van der Waals surface area (Å²) in [5.41, 5.74) is -7.53. The van der Waals surface area contributed by atoms with E-state index in [0.717, 1.165) is 12.8 Å². The summed E-state index contributed by atoms with van der Waals surface area (Å²) in [6, 6.07) is 5.00. The van der Waals surface area contributed by atoms with Crippen molar-refractivity contribution in [3.63, 3.8) is 0 Å². The fraction of sp³-hybridized carbons (Fsp3) is 0.553. The summed E-state index contributed by atoms with van der Waals surface area (Å²) >= 11 is 0. The third-order valence-electron chi connectivity index (χ3n) is 12.7. The Bertz CT molecular complexity index is 2290. The molecule has 0 radical (unpaired) electrons. The molecule has 4 saturated heterocycles. The maximum atomic E-state index is 17.2. The van der Waals surface area contributed by atoms with Gasteiger partial charge >= 0.3 is 30.1 Å². The molecule has 5 atom stereocenters. The molecule has 0 saturated carbocycles. The summed E-state index contributed by atoms with van der Waals surface area (Å²) in [4.78, 5) is 17.5. The number of halogens is 11. The molecule has 312 valence electrons. The fourth-order valence-corrected chi connectivity index (χ4v) is 10.1. The van der Waals surface area contributed by atoms with Crippen molar-refractivity contribution in [2.45, 2.75) is 106 Å². The molecule has 4 aromatic rings. The van der Waals surface area contributed by atoms with Gasteiger partial charge in [-0.2, -0.15) is 49.5 Å². The molecule has 2 aromatic heterocycles. The van der Waals surface area contributed by atoms with Crippen LogP contribution in [-0.2, 0) is 11.2 Å². The number of nitrogens with one attached hydrogen (secondary N) is 1. The minimum atomic E-state index is -6.88. The van der Waals surface area contributed by atoms with Crippen LogP contribution in [0.3, 0.4) is 0 Å². The molecule has 9 rings (SSSR count). The number of ether oxygens (including phenoxy) is 2. The topological polar surface area (TPSA) is 95.9 Å². The third kappa shape index (κ3) is 5.85. The standard InChI is InChI=1S/C38H35F11N6O3/c1-17-23(39)5-3-18-11-20(56)12-22(27(17)18)30-29(40)31-28-25(51-30)7-8-26-24-6-4-19(50-24)14-55(26)32(28)53-33(52-31)57-16-34-9-2-10-54(34)15-21(13-34)58-35(36(41,42)43,37(44,45)46)38(47,48)49/h3,5,11-12,19,21,24,26,50,56H,2,4,6-10,13-16H2,1H3/t19-,21-,24+,26-,34-/m1/s1. The lowest BCUT2D eigenvalue weighted by molar-refractivity contribution is -0.463. The zero-order valence-corrected chi connectivity index (χ0v) is 30.6. The average Bonchev–Trinajstić information content (AvgIpc) is 3.78. The van der Waals surface area contributed by atoms with Crippen molar-refractivity contribution in [2.24, 2.45) is 0 Å². The maximum absolute atomic E-state index is 17.2. The highest BCUT2D eigenvalue weighted by molar-refractivity contribution is 6.02. The van der Waals surface area contributed by atoms with Crippen LogP contribution in [-0.4, -0.2) is 105 Å². The number of phenols is 1. The van der Waals surface area contributed by atoms with Crippen molar-refractivity contribution in [3.05, 3.63) is 47.2 Å². The summed E-state index contributed by atoms with van der Waals surface area (Å²) in [5, 5.41) is 15.3. The third-order valence-corrected chi connectivity index (χ3v) is 12.7. The van der Waals surface area contributed by atoms with Crippen LogP contribution >= 0.6 is 0 Å². The summed E-state index contributed by atoms with van der Waals surface area (Å²) in [6.45, 7) is 0.972. The Balaban J connectivity index is 1.13. The molecule has 5 aliphatic heterocycles. The first-order valence-corrected chi connectivity index (χ1v) is 18.8. The number of hydrogen-bond acceptors (Lipinski definition) is 9. The van der Waals surface area contributed by atoms with E-state index in [9.17, 15) is 49.0 Å². The van der Waals surface area contributed by atoms with Crippen molar-refractivity contribution in [3.8, 4) is 23.0 Å². The van der Waals surface area contributed by atoms with Crippen molar-refractivity contribution in [2.75, 3.05) is 31.1 Å². The molecule has 5 aliphatic rings. The van der Waals surface area contributed by atoms with Crippen LogP contribution in [0.15, 0.2) is 24.3 Å². The van der Waals surface area contributed by atoms with Crippen LogP contribution in [0, 0.1) is 18.6 Å². The van der Waals surface area contributed by atoms with E-state index in [1.54, 1.807) is 0 Å². The van der Waals surface area contributed by atoms with Crippen molar-refractivity contribution in [1.29, 1.82) is 0 Å². The number of anilines is 1. The van der Waals surface area contributed by atoms with Gasteiger partial charge in [0.25, 0.3) is 0 Å². The fourth-order valence-electron chi connectivity index (χ4n) is 10.1. The summed E-state index contributed by atoms with van der Waals surface area (Å²) < 4.78 is 167. The molecule has 2 aromatic carbocycles. The number of alkyl halides is 9. The number of aromatic nitrogens is 3. The zero-order chi connectivity index (χ0) is 41.3. The number of hydrogen-bond donors (Lipinski definition) is 2. The molecule has 0 unspecified atom stereocenters. The Kier molecular flexibility index (Phi) is 8.85. The Hall–Kier alpha value is -4.30. The van der Waals surface area contributed by atoms with Gasteiger partial charge in [-0.15, -0.1) is 0 Å². The van der Waals surface area contributed by atoms with Gasteiger partial charge < -0.3 is 24.8 Å². The molecule has 0 amide bonds. The van der Waals surface area contributed by atoms with E-state index in [2.05, 4.69) is 15.0 Å². The van der Waals surface area contributed by atoms with Gasteiger partial charge in [0.05, 0.1) is 22.7 Å². The highest BCUT2D eigenvalue weighted by atomic mass is 19.4. The molecular formula is C38H35F11N6O3. The first kappa shape index (κ1) is 39.2. The van der Waals surface area contributed by atoms with Gasteiger partial charge in [-0.1, -0.05) is 6.07 Å². The number of benzene rings is 2. The lowest BCUT2D eigenvalue weighted by Crippen LogP contribution is -2.68. The number of aryl methyl sites for hydroxylation is 2. The Morgan fingerprint density at radius 2 is 1.66 bits per heavy atom. The van der Waals surface area contributed by atoms with Gasteiger partial charge in [-0.3, -0.25) is 4.90 Å². The van der Waals surface area contributed by atoms with E-state index in [-0.39, 0.29) is 65.2 Å². The van der Waals surface area contributed by atoms with E-state index < -0.39 is 67.0 Å². The molecule has 4 fully saturated rings. The van der Waals surface area contributed by atoms with E-state index >= 15 is 4.39 Å². The van der Waals surface area contributed by atoms with Gasteiger partial charge in [0, 0.05) is 36.8 Å². The molecule has 7 heterocycles. The number of fused-ring (bicyclic) bond motifs is 7. The number of pyridine rings is 1. The van der Waals surface area contributed by atoms with Gasteiger partial charge in [-0.05, 0) is 92.9 Å². The Morgan fingerprint density at radius 3 is 2.38 bits per heavy atom. The summed E-state index contributed by atoms with van der Waals surface area (Å²) in [5.74, 6) is -1.45. The first-order valence-electron chi connectivity index (χ1n) is 18.8. The zero-order valence-electron chi connectivity index (χ0n) is 30.6. The molecule has 2 N–H and O–H groups in total. The van der Waals surface area contributed by atoms with E-state index in [1.165, 1.54) is 36.1 Å². The Labute approximate surface area is 322 Å². The quantitative estimate of drug-likeness (QED) is 0.189. The van der Waals surface area contributed by atoms with Crippen LogP contribution in [0.4, 0.5) is 54.1 Å². The van der Waals surface area contributed by atoms with Gasteiger partial charge in [0.2, 0.25) is 0 Å². The van der Waals surface area contributed by atoms with Gasteiger partial charge in [0.1, 0.15) is 35.2 Å². The largest absolute Gasteiger partial charge is 0.508 e. The maximum Gasteiger partial charge on any atom is 0.435 e. The second kappa shape index (κ2) is 13.1. The van der Waals surface area contributed by atoms with E-state index in [4.69, 9.17) is 14.7 Å². The second-order valence-electron chi connectivity index (χ2n) is 16.0. The summed E-state index contributed by atoms with van der Waals surface area (Å²) in [6.07, 6.45) is -20.2. The SMILES string of the molecule is Cc1c(F)ccc2cc(O)cc(-c3nc4c5c(nc(OC[C@]67CCCN6C[C@H](OC(C(F)(F)F)(C(F)(F)F)C(F)(F)F)C7)nc5c3F)N3C[C@H]5CC[C@H](N5)[C@H]3CC4)c12. The minimum absolute atomic E-state index is 0.0611. The second-order valence-corrected chi connectivity index (χ2v) is 16.0. The summed E-state index contributed by atoms with van der Waals surface area (Å²) in [7, 11) is 0. The lowest BCUT2D eigenvalue weighted by atomic mass is 9.93. The first-order chi connectivity index (χ1) is 27.2. The lowest BCUT2D eigenvalue weighted by Gasteiger charge is -2.41. The van der Waals surface area contributed by atoms with Crippen LogP contribution in [0.5, 0.6) is 11.8 Å². The molecule has 0 spiro atoms. The van der Waals surface area contributed by atoms with E-state index in [1.807, 2.05) is 4.90 Å². The van der Waals surface area contributed by atoms with Crippen LogP contribution in [0.25, 0.3) is 32.9 Å². The molecule has 9 nitrogen and oxygen atoms in total. The highest BCUT2D eigenvalue weighted by Crippen LogP contribution is 2.57. The van der Waals surface area contributed by atoms with E-state index in [0.29, 0.717) is 53.5 Å². The Morgan fingerprint density at radius 1 is 0.914 bits per heavy atom. The van der Waals surface area contributed by atoms with Crippen LogP contribution in [0.2, 0.25) is 0 Å². The molecule has 58 heavy (non-hydrogen) atoms. The van der Waals surface area contributed by atoms with Gasteiger partial charge in [0.15, 0.2) is 5.82 Å². The smallest absolute Gasteiger partial charge is 0.435 e. The number of aromatic hydroxyl groups is 1. The number of rotatable bonds is 6. The van der Waals surface area contributed by atoms with Crippen LogP contribution < -0.4 is 15.0 Å². The number of piperazine rings is 1. The van der Waals surface area contributed by atoms with Gasteiger partial charge in [-0.25, -0.2) is 13.8 Å². The minimum Gasteiger partial charge on any atom is -0.508 e. The predicted molar refractivity (Wildman–Crippen MR) is 185 cm³/mol. The van der Waals surface area contributed by atoms with Crippen molar-refractivity contribution < 1.29 is 62.9 Å². The monoisotopic (exact) mass is 832 g/mol. The normalized spacial score (nSPS) is 26.4. The number of nitrogens with zero attached hydrogens (tertiary/aromatic N) is 5. The highest BCUT2D eigenvalue weighted by Gasteiger charge is 2.86. The molecular weight excluding hydrogens is 797 g/mol. The predicted octanol–water partition coefficient (Wildman–Crippen LogP) is 7.82. The molecule has 20 heteroatoms. The average molecular weight is 833 g/mol. The van der Waals surface area contributed by atoms with Crippen LogP contribution in [0.1, 0.15) is 49.8 Å². The number of phenolic OH excluding ortho intramolecular Hbond substituents is 1. The van der Waals surface area contributed by atoms with Crippen molar-refractivity contribution >= 4 is 27.5 Å². The van der Waals surface area contributed by atoms with Crippen molar-refractivity contribution in [1.82, 2.24) is 25.2 Å².